The Balaban J connectivity index is 2.28. The first-order valence-corrected chi connectivity index (χ1v) is 7.29. The third kappa shape index (κ3) is 3.64. The molecule has 1 aromatic heterocycles. The van der Waals surface area contributed by atoms with Crippen LogP contribution in [0.5, 0.6) is 0 Å². The molecule has 0 atom stereocenters. The Hall–Kier alpha value is -1.66. The lowest BCUT2D eigenvalue weighted by Gasteiger charge is -2.20. The second-order valence-electron chi connectivity index (χ2n) is 5.04. The van der Waals surface area contributed by atoms with Gasteiger partial charge >= 0.3 is 6.18 Å². The molecule has 0 aliphatic rings. The number of nitrogens with zero attached hydrogens (tertiary/aromatic N) is 2. The van der Waals surface area contributed by atoms with E-state index in [1.807, 2.05) is 0 Å². The van der Waals surface area contributed by atoms with Crippen molar-refractivity contribution in [1.82, 2.24) is 9.47 Å². The zero-order valence-corrected chi connectivity index (χ0v) is 13.8. The van der Waals surface area contributed by atoms with Crippen molar-refractivity contribution in [2.75, 3.05) is 7.05 Å². The summed E-state index contributed by atoms with van der Waals surface area (Å²) in [6.07, 6.45) is -4.47. The fourth-order valence-corrected chi connectivity index (χ4v) is 2.58. The van der Waals surface area contributed by atoms with E-state index in [0.29, 0.717) is 0 Å². The highest BCUT2D eigenvalue weighted by molar-refractivity contribution is 6.41. The van der Waals surface area contributed by atoms with Crippen LogP contribution >= 0.6 is 23.2 Å². The highest BCUT2D eigenvalue weighted by Crippen LogP contribution is 2.32. The van der Waals surface area contributed by atoms with Crippen LogP contribution in [0.2, 0.25) is 10.2 Å². The molecule has 8 heteroatoms. The minimum absolute atomic E-state index is 0.0160. The van der Waals surface area contributed by atoms with E-state index in [2.05, 4.69) is 0 Å². The van der Waals surface area contributed by atoms with Gasteiger partial charge < -0.3 is 9.47 Å². The predicted molar refractivity (Wildman–Crippen MR) is 82.7 cm³/mol. The normalized spacial score (nSPS) is 11.6. The van der Waals surface area contributed by atoms with Crippen LogP contribution in [0.4, 0.5) is 13.2 Å². The molecule has 0 bridgehead atoms. The highest BCUT2D eigenvalue weighted by Gasteiger charge is 2.33. The zero-order chi connectivity index (χ0) is 17.4. The number of halogens is 5. The SMILES string of the molecule is CN(Cc1ccccc1C(F)(F)F)C(=O)c1cc(Cl)c(Cl)n1C. The van der Waals surface area contributed by atoms with Gasteiger partial charge in [0, 0.05) is 20.6 Å². The maximum atomic E-state index is 13.0. The lowest BCUT2D eigenvalue weighted by Crippen LogP contribution is -2.29. The maximum Gasteiger partial charge on any atom is 0.416 e. The quantitative estimate of drug-likeness (QED) is 0.779. The fourth-order valence-electron chi connectivity index (χ4n) is 2.21. The molecule has 1 amide bonds. The van der Waals surface area contributed by atoms with Gasteiger partial charge in [0.2, 0.25) is 0 Å². The Morgan fingerprint density at radius 1 is 1.26 bits per heavy atom. The second-order valence-corrected chi connectivity index (χ2v) is 5.81. The van der Waals surface area contributed by atoms with Gasteiger partial charge in [-0.05, 0) is 17.7 Å². The van der Waals surface area contributed by atoms with E-state index in [1.165, 1.54) is 40.8 Å². The molecule has 1 heterocycles. The van der Waals surface area contributed by atoms with Gasteiger partial charge in [-0.2, -0.15) is 13.2 Å². The Bertz CT molecular complexity index is 741. The topological polar surface area (TPSA) is 25.2 Å². The lowest BCUT2D eigenvalue weighted by atomic mass is 10.1. The maximum absolute atomic E-state index is 13.0. The Morgan fingerprint density at radius 2 is 1.87 bits per heavy atom. The van der Waals surface area contributed by atoms with E-state index in [1.54, 1.807) is 7.05 Å². The van der Waals surface area contributed by atoms with E-state index in [9.17, 15) is 18.0 Å². The first-order valence-electron chi connectivity index (χ1n) is 6.54. The molecule has 0 saturated carbocycles. The van der Waals surface area contributed by atoms with Crippen LogP contribution < -0.4 is 0 Å². The summed E-state index contributed by atoms with van der Waals surface area (Å²) in [7, 11) is 2.98. The molecule has 0 spiro atoms. The van der Waals surface area contributed by atoms with E-state index >= 15 is 0 Å². The van der Waals surface area contributed by atoms with E-state index in [-0.39, 0.29) is 28.0 Å². The molecule has 0 aliphatic carbocycles. The zero-order valence-electron chi connectivity index (χ0n) is 12.3. The molecule has 0 N–H and O–H groups in total. The number of alkyl halides is 3. The molecule has 0 aliphatic heterocycles. The second kappa shape index (κ2) is 6.45. The van der Waals surface area contributed by atoms with Crippen molar-refractivity contribution in [1.29, 1.82) is 0 Å². The minimum Gasteiger partial charge on any atom is -0.336 e. The molecular weight excluding hydrogens is 352 g/mol. The Morgan fingerprint density at radius 3 is 2.39 bits per heavy atom. The van der Waals surface area contributed by atoms with Gasteiger partial charge in [0.15, 0.2) is 0 Å². The van der Waals surface area contributed by atoms with E-state index in [4.69, 9.17) is 23.2 Å². The number of amides is 1. The van der Waals surface area contributed by atoms with Crippen molar-refractivity contribution in [2.24, 2.45) is 7.05 Å². The summed E-state index contributed by atoms with van der Waals surface area (Å²) in [6, 6.07) is 6.53. The summed E-state index contributed by atoms with van der Waals surface area (Å²) < 4.78 is 40.4. The molecule has 23 heavy (non-hydrogen) atoms. The summed E-state index contributed by atoms with van der Waals surface area (Å²) in [6.45, 7) is -0.186. The van der Waals surface area contributed by atoms with E-state index in [0.717, 1.165) is 6.07 Å². The number of carbonyl (C=O) groups excluding carboxylic acids is 1. The number of carbonyl (C=O) groups is 1. The highest BCUT2D eigenvalue weighted by atomic mass is 35.5. The van der Waals surface area contributed by atoms with Crippen LogP contribution in [-0.2, 0) is 19.8 Å². The average molecular weight is 365 g/mol. The van der Waals surface area contributed by atoms with Gasteiger partial charge in [0.25, 0.3) is 5.91 Å². The van der Waals surface area contributed by atoms with Crippen LogP contribution in [0.25, 0.3) is 0 Å². The number of rotatable bonds is 3. The molecule has 2 aromatic rings. The molecule has 0 saturated heterocycles. The van der Waals surface area contributed by atoms with Crippen LogP contribution in [0.1, 0.15) is 21.6 Å². The fraction of sp³-hybridized carbons (Fsp3) is 0.267. The summed E-state index contributed by atoms with van der Waals surface area (Å²) in [5.41, 5.74) is -0.545. The number of benzene rings is 1. The van der Waals surface area contributed by atoms with Crippen molar-refractivity contribution < 1.29 is 18.0 Å². The number of hydrogen-bond donors (Lipinski definition) is 0. The molecule has 124 valence electrons. The van der Waals surface area contributed by atoms with Gasteiger partial charge in [-0.1, -0.05) is 41.4 Å². The summed E-state index contributed by atoms with van der Waals surface area (Å²) in [4.78, 5) is 13.6. The molecule has 2 rings (SSSR count). The van der Waals surface area contributed by atoms with Crippen LogP contribution in [0, 0.1) is 0 Å². The van der Waals surface area contributed by atoms with Crippen LogP contribution in [0.3, 0.4) is 0 Å². The predicted octanol–water partition coefficient (Wildman–Crippen LogP) is 4.62. The largest absolute Gasteiger partial charge is 0.416 e. The third-order valence-electron chi connectivity index (χ3n) is 3.41. The van der Waals surface area contributed by atoms with Gasteiger partial charge in [-0.15, -0.1) is 0 Å². The monoisotopic (exact) mass is 364 g/mol. The van der Waals surface area contributed by atoms with Crippen molar-refractivity contribution in [2.45, 2.75) is 12.7 Å². The number of hydrogen-bond acceptors (Lipinski definition) is 1. The molecule has 1 aromatic carbocycles. The molecule has 0 unspecified atom stereocenters. The van der Waals surface area contributed by atoms with Crippen LogP contribution in [-0.4, -0.2) is 22.4 Å². The minimum atomic E-state index is -4.47. The van der Waals surface area contributed by atoms with Crippen molar-refractivity contribution in [3.63, 3.8) is 0 Å². The number of aromatic nitrogens is 1. The Kier molecular flexibility index (Phi) is 4.96. The standard InChI is InChI=1S/C15H13Cl2F3N2O/c1-21(14(23)12-7-11(16)13(17)22(12)2)8-9-5-3-4-6-10(9)15(18,19)20/h3-7H,8H2,1-2H3. The van der Waals surface area contributed by atoms with Crippen molar-refractivity contribution in [3.8, 4) is 0 Å². The molecule has 0 fully saturated rings. The van der Waals surface area contributed by atoms with Gasteiger partial charge in [-0.3, -0.25) is 4.79 Å². The Labute approximate surface area is 141 Å². The van der Waals surface area contributed by atoms with Crippen molar-refractivity contribution >= 4 is 29.1 Å². The van der Waals surface area contributed by atoms with Crippen LogP contribution in [0.15, 0.2) is 30.3 Å². The summed E-state index contributed by atoms with van der Waals surface area (Å²) in [5, 5.41) is 0.403. The average Bonchev–Trinajstić information content (AvgIpc) is 2.73. The van der Waals surface area contributed by atoms with Crippen molar-refractivity contribution in [3.05, 3.63) is 57.3 Å². The molecule has 0 radical (unpaired) electrons. The first kappa shape index (κ1) is 17.7. The van der Waals surface area contributed by atoms with Gasteiger partial charge in [0.05, 0.1) is 10.6 Å². The third-order valence-corrected chi connectivity index (χ3v) is 4.25. The van der Waals surface area contributed by atoms with Gasteiger partial charge in [0.1, 0.15) is 10.8 Å². The summed E-state index contributed by atoms with van der Waals surface area (Å²) >= 11 is 11.8. The lowest BCUT2D eigenvalue weighted by molar-refractivity contribution is -0.138. The summed E-state index contributed by atoms with van der Waals surface area (Å²) in [5.74, 6) is -0.474. The molecule has 3 nitrogen and oxygen atoms in total. The first-order chi connectivity index (χ1) is 10.6. The molecular formula is C15H13Cl2F3N2O. The van der Waals surface area contributed by atoms with E-state index < -0.39 is 17.6 Å². The smallest absolute Gasteiger partial charge is 0.336 e. The van der Waals surface area contributed by atoms with Gasteiger partial charge in [-0.25, -0.2) is 0 Å².